The van der Waals surface area contributed by atoms with Gasteiger partial charge in [-0.1, -0.05) is 6.42 Å². The number of imidazole rings is 1. The molecule has 0 radical (unpaired) electrons. The molecule has 19 heavy (non-hydrogen) atoms. The Morgan fingerprint density at radius 2 is 2.21 bits per heavy atom. The molecule has 5 heteroatoms. The summed E-state index contributed by atoms with van der Waals surface area (Å²) >= 11 is 0. The highest BCUT2D eigenvalue weighted by atomic mass is 15.1. The zero-order chi connectivity index (χ0) is 13.2. The molecule has 5 nitrogen and oxygen atoms in total. The Morgan fingerprint density at radius 3 is 2.95 bits per heavy atom. The summed E-state index contributed by atoms with van der Waals surface area (Å²) in [4.78, 5) is 18.9. The quantitative estimate of drug-likeness (QED) is 0.897. The summed E-state index contributed by atoms with van der Waals surface area (Å²) in [5.41, 5.74) is 1.99. The van der Waals surface area contributed by atoms with Gasteiger partial charge in [0.25, 0.3) is 0 Å². The Bertz CT molecular complexity index is 549. The lowest BCUT2D eigenvalue weighted by molar-refractivity contribution is 0.183. The number of nitrogens with zero attached hydrogens (tertiary/aromatic N) is 4. The fraction of sp³-hybridized carbons (Fsp3) is 0.500. The van der Waals surface area contributed by atoms with Crippen molar-refractivity contribution in [3.63, 3.8) is 0 Å². The van der Waals surface area contributed by atoms with Crippen LogP contribution in [0.25, 0.3) is 11.5 Å². The van der Waals surface area contributed by atoms with Gasteiger partial charge in [-0.3, -0.25) is 4.90 Å². The third-order valence-electron chi connectivity index (χ3n) is 3.71. The Labute approximate surface area is 113 Å². The molecule has 1 atom stereocenters. The predicted octanol–water partition coefficient (Wildman–Crippen LogP) is 2.33. The Kier molecular flexibility index (Phi) is 3.29. The van der Waals surface area contributed by atoms with Crippen LogP contribution in [-0.4, -0.2) is 38.4 Å². The van der Waals surface area contributed by atoms with Gasteiger partial charge in [0, 0.05) is 12.4 Å². The number of aromatic amines is 1. The second-order valence-electron chi connectivity index (χ2n) is 5.16. The summed E-state index contributed by atoms with van der Waals surface area (Å²) in [6.45, 7) is 3.09. The van der Waals surface area contributed by atoms with Gasteiger partial charge in [0.05, 0.1) is 11.7 Å². The molecule has 3 heterocycles. The third-order valence-corrected chi connectivity index (χ3v) is 3.71. The van der Waals surface area contributed by atoms with E-state index in [2.05, 4.69) is 37.9 Å². The van der Waals surface area contributed by atoms with Crippen LogP contribution in [0.15, 0.2) is 18.5 Å². The average Bonchev–Trinajstić information content (AvgIpc) is 2.92. The molecular formula is C14H19N5. The molecular weight excluding hydrogens is 238 g/mol. The van der Waals surface area contributed by atoms with E-state index < -0.39 is 0 Å². The molecule has 0 saturated carbocycles. The highest BCUT2D eigenvalue weighted by molar-refractivity contribution is 5.49. The summed E-state index contributed by atoms with van der Waals surface area (Å²) in [6.07, 6.45) is 7.29. The number of rotatable bonds is 2. The van der Waals surface area contributed by atoms with Gasteiger partial charge in [-0.15, -0.1) is 0 Å². The lowest BCUT2D eigenvalue weighted by atomic mass is 9.99. The Balaban J connectivity index is 1.97. The zero-order valence-corrected chi connectivity index (χ0v) is 11.4. The van der Waals surface area contributed by atoms with Crippen molar-refractivity contribution < 1.29 is 0 Å². The first-order valence-electron chi connectivity index (χ1n) is 6.79. The molecule has 1 aliphatic heterocycles. The lowest BCUT2D eigenvalue weighted by Gasteiger charge is -2.32. The van der Waals surface area contributed by atoms with Gasteiger partial charge in [-0.05, 0) is 39.4 Å². The van der Waals surface area contributed by atoms with Crippen molar-refractivity contribution in [3.05, 3.63) is 30.0 Å². The number of aryl methyl sites for hydroxylation is 1. The molecule has 2 aromatic heterocycles. The maximum atomic E-state index is 4.62. The van der Waals surface area contributed by atoms with Crippen LogP contribution in [0.3, 0.4) is 0 Å². The van der Waals surface area contributed by atoms with Crippen LogP contribution in [0.4, 0.5) is 0 Å². The number of nitrogens with one attached hydrogen (secondary N) is 1. The molecule has 1 saturated heterocycles. The molecule has 100 valence electrons. The first-order valence-corrected chi connectivity index (χ1v) is 6.79. The number of hydrogen-bond acceptors (Lipinski definition) is 4. The summed E-state index contributed by atoms with van der Waals surface area (Å²) < 4.78 is 0. The van der Waals surface area contributed by atoms with Crippen LogP contribution in [-0.2, 0) is 0 Å². The van der Waals surface area contributed by atoms with E-state index in [4.69, 9.17) is 0 Å². The van der Waals surface area contributed by atoms with E-state index in [0.29, 0.717) is 6.04 Å². The molecule has 0 aromatic carbocycles. The molecule has 1 N–H and O–H groups in total. The highest BCUT2D eigenvalue weighted by Crippen LogP contribution is 2.29. The van der Waals surface area contributed by atoms with E-state index in [9.17, 15) is 0 Å². The van der Waals surface area contributed by atoms with Crippen LogP contribution >= 0.6 is 0 Å². The van der Waals surface area contributed by atoms with Gasteiger partial charge in [0.2, 0.25) is 0 Å². The van der Waals surface area contributed by atoms with E-state index in [0.717, 1.165) is 29.6 Å². The molecule has 0 amide bonds. The van der Waals surface area contributed by atoms with Crippen molar-refractivity contribution in [3.8, 4) is 11.5 Å². The topological polar surface area (TPSA) is 57.7 Å². The lowest BCUT2D eigenvalue weighted by Crippen LogP contribution is -2.30. The largest absolute Gasteiger partial charge is 0.343 e. The minimum Gasteiger partial charge on any atom is -0.343 e. The highest BCUT2D eigenvalue weighted by Gasteiger charge is 2.23. The van der Waals surface area contributed by atoms with Crippen LogP contribution < -0.4 is 0 Å². The second kappa shape index (κ2) is 5.09. The van der Waals surface area contributed by atoms with Crippen molar-refractivity contribution in [1.82, 2.24) is 24.8 Å². The molecule has 2 aromatic rings. The minimum atomic E-state index is 0.407. The van der Waals surface area contributed by atoms with Crippen molar-refractivity contribution in [2.45, 2.75) is 32.2 Å². The second-order valence-corrected chi connectivity index (χ2v) is 5.16. The van der Waals surface area contributed by atoms with Gasteiger partial charge >= 0.3 is 0 Å². The van der Waals surface area contributed by atoms with Crippen LogP contribution in [0.5, 0.6) is 0 Å². The first kappa shape index (κ1) is 12.3. The molecule has 0 aliphatic carbocycles. The fourth-order valence-corrected chi connectivity index (χ4v) is 2.74. The molecule has 1 aliphatic rings. The van der Waals surface area contributed by atoms with Gasteiger partial charge < -0.3 is 4.98 Å². The van der Waals surface area contributed by atoms with Crippen LogP contribution in [0.2, 0.25) is 0 Å². The summed E-state index contributed by atoms with van der Waals surface area (Å²) in [7, 11) is 2.17. The first-order chi connectivity index (χ1) is 9.24. The smallest absolute Gasteiger partial charge is 0.156 e. The number of piperidine rings is 1. The maximum Gasteiger partial charge on any atom is 0.156 e. The van der Waals surface area contributed by atoms with Crippen molar-refractivity contribution in [2.24, 2.45) is 0 Å². The molecule has 0 bridgehead atoms. The zero-order valence-electron chi connectivity index (χ0n) is 11.4. The summed E-state index contributed by atoms with van der Waals surface area (Å²) in [5, 5.41) is 0. The number of likely N-dealkylation sites (tertiary alicyclic amines) is 1. The normalized spacial score (nSPS) is 20.6. The Hall–Kier alpha value is -1.75. The number of hydrogen-bond donors (Lipinski definition) is 1. The van der Waals surface area contributed by atoms with E-state index in [1.54, 1.807) is 6.20 Å². The van der Waals surface area contributed by atoms with Crippen molar-refractivity contribution in [1.29, 1.82) is 0 Å². The third kappa shape index (κ3) is 2.51. The van der Waals surface area contributed by atoms with E-state index in [1.165, 1.54) is 19.3 Å². The maximum absolute atomic E-state index is 4.62. The monoisotopic (exact) mass is 257 g/mol. The summed E-state index contributed by atoms with van der Waals surface area (Å²) in [5.74, 6) is 1.62. The number of H-pyrrole nitrogens is 1. The van der Waals surface area contributed by atoms with Gasteiger partial charge in [0.1, 0.15) is 11.5 Å². The van der Waals surface area contributed by atoms with E-state index >= 15 is 0 Å². The molecule has 0 spiro atoms. The van der Waals surface area contributed by atoms with E-state index in [-0.39, 0.29) is 0 Å². The number of aromatic nitrogens is 4. The predicted molar refractivity (Wildman–Crippen MR) is 73.6 cm³/mol. The average molecular weight is 257 g/mol. The molecule has 3 rings (SSSR count). The van der Waals surface area contributed by atoms with Gasteiger partial charge in [0.15, 0.2) is 5.82 Å². The molecule has 1 unspecified atom stereocenters. The van der Waals surface area contributed by atoms with Crippen molar-refractivity contribution >= 4 is 0 Å². The standard InChI is InChI=1S/C14H19N5/c1-10-17-11(13-5-3-4-8-19(13)2)9-12(18-10)14-15-6-7-16-14/h6-7,9,13H,3-5,8H2,1-2H3,(H,15,16). The van der Waals surface area contributed by atoms with Crippen LogP contribution in [0.1, 0.15) is 36.8 Å². The van der Waals surface area contributed by atoms with Crippen molar-refractivity contribution in [2.75, 3.05) is 13.6 Å². The fourth-order valence-electron chi connectivity index (χ4n) is 2.74. The van der Waals surface area contributed by atoms with E-state index in [1.807, 2.05) is 13.1 Å². The Morgan fingerprint density at radius 1 is 1.32 bits per heavy atom. The van der Waals surface area contributed by atoms with Crippen LogP contribution in [0, 0.1) is 6.92 Å². The summed E-state index contributed by atoms with van der Waals surface area (Å²) in [6, 6.07) is 2.47. The SMILES string of the molecule is Cc1nc(-c2ncc[nH]2)cc(C2CCCCN2C)n1. The minimum absolute atomic E-state index is 0.407. The van der Waals surface area contributed by atoms with Gasteiger partial charge in [-0.25, -0.2) is 15.0 Å². The van der Waals surface area contributed by atoms with Gasteiger partial charge in [-0.2, -0.15) is 0 Å². The molecule has 1 fully saturated rings.